The number of nitrogens with zero attached hydrogens (tertiary/aromatic N) is 2. The molecular formula is C20H26N2O2. The maximum absolute atomic E-state index is 10.4. The lowest BCUT2D eigenvalue weighted by Crippen LogP contribution is -2.50. The Bertz CT molecular complexity index is 662. The monoisotopic (exact) mass is 326 g/mol. The molecule has 2 aromatic carbocycles. The van der Waals surface area contributed by atoms with E-state index < -0.39 is 0 Å². The van der Waals surface area contributed by atoms with E-state index in [4.69, 9.17) is 0 Å². The Balaban J connectivity index is 1.91. The highest BCUT2D eigenvalue weighted by molar-refractivity contribution is 5.42. The second-order valence-electron chi connectivity index (χ2n) is 6.72. The summed E-state index contributed by atoms with van der Waals surface area (Å²) in [5, 5.41) is 20.0. The van der Waals surface area contributed by atoms with E-state index in [1.807, 2.05) is 30.3 Å². The molecule has 0 saturated carbocycles. The number of para-hydroxylation sites is 1. The molecule has 3 rings (SSSR count). The van der Waals surface area contributed by atoms with Gasteiger partial charge in [0.05, 0.1) is 6.04 Å². The second-order valence-corrected chi connectivity index (χ2v) is 6.72. The number of phenolic OH excluding ortho intramolecular Hbond substituents is 2. The summed E-state index contributed by atoms with van der Waals surface area (Å²) in [7, 11) is 0. The molecular weight excluding hydrogens is 300 g/mol. The van der Waals surface area contributed by atoms with Gasteiger partial charge in [0.15, 0.2) is 0 Å². The van der Waals surface area contributed by atoms with Crippen LogP contribution in [-0.2, 0) is 0 Å². The summed E-state index contributed by atoms with van der Waals surface area (Å²) in [4.78, 5) is 4.90. The van der Waals surface area contributed by atoms with Crippen LogP contribution in [0.15, 0.2) is 48.5 Å². The maximum atomic E-state index is 10.4. The van der Waals surface area contributed by atoms with Crippen LogP contribution in [0.5, 0.6) is 11.5 Å². The SMILES string of the molecule is CC(C)N1CCN(C(c2ccc(O)cc2)c2ccccc2O)CC1. The van der Waals surface area contributed by atoms with Gasteiger partial charge in [0.25, 0.3) is 0 Å². The van der Waals surface area contributed by atoms with Gasteiger partial charge in [0.1, 0.15) is 11.5 Å². The van der Waals surface area contributed by atoms with Crippen molar-refractivity contribution in [1.29, 1.82) is 0 Å². The lowest BCUT2D eigenvalue weighted by atomic mass is 9.95. The smallest absolute Gasteiger partial charge is 0.120 e. The molecule has 0 aliphatic carbocycles. The lowest BCUT2D eigenvalue weighted by Gasteiger charge is -2.41. The summed E-state index contributed by atoms with van der Waals surface area (Å²) in [6, 6.07) is 15.4. The number of aromatic hydroxyl groups is 2. The van der Waals surface area contributed by atoms with E-state index in [2.05, 4.69) is 23.6 Å². The lowest BCUT2D eigenvalue weighted by molar-refractivity contribution is 0.0885. The molecule has 0 radical (unpaired) electrons. The van der Waals surface area contributed by atoms with Crippen LogP contribution < -0.4 is 0 Å². The third-order valence-corrected chi connectivity index (χ3v) is 4.88. The molecule has 1 unspecified atom stereocenters. The quantitative estimate of drug-likeness (QED) is 0.906. The Kier molecular flexibility index (Phi) is 5.07. The second kappa shape index (κ2) is 7.24. The first kappa shape index (κ1) is 16.8. The fourth-order valence-electron chi connectivity index (χ4n) is 3.47. The summed E-state index contributed by atoms with van der Waals surface area (Å²) in [5.41, 5.74) is 2.01. The van der Waals surface area contributed by atoms with Crippen LogP contribution in [0.25, 0.3) is 0 Å². The minimum atomic E-state index is 0.00103. The molecule has 1 aliphatic heterocycles. The number of hydrogen-bond donors (Lipinski definition) is 2. The number of benzene rings is 2. The minimum Gasteiger partial charge on any atom is -0.508 e. The number of hydrogen-bond acceptors (Lipinski definition) is 4. The Morgan fingerprint density at radius 3 is 1.96 bits per heavy atom. The predicted octanol–water partition coefficient (Wildman–Crippen LogP) is 3.21. The average Bonchev–Trinajstić information content (AvgIpc) is 2.59. The molecule has 0 amide bonds. The van der Waals surface area contributed by atoms with Crippen molar-refractivity contribution in [2.75, 3.05) is 26.2 Å². The van der Waals surface area contributed by atoms with Crippen molar-refractivity contribution >= 4 is 0 Å². The minimum absolute atomic E-state index is 0.00103. The number of rotatable bonds is 4. The van der Waals surface area contributed by atoms with Crippen molar-refractivity contribution < 1.29 is 10.2 Å². The van der Waals surface area contributed by atoms with Crippen molar-refractivity contribution in [2.24, 2.45) is 0 Å². The number of piperazine rings is 1. The zero-order valence-corrected chi connectivity index (χ0v) is 14.4. The molecule has 1 saturated heterocycles. The highest BCUT2D eigenvalue weighted by Crippen LogP contribution is 2.35. The van der Waals surface area contributed by atoms with E-state index in [-0.39, 0.29) is 11.8 Å². The first-order valence-electron chi connectivity index (χ1n) is 8.61. The van der Waals surface area contributed by atoms with Crippen LogP contribution in [0.4, 0.5) is 0 Å². The van der Waals surface area contributed by atoms with Crippen LogP contribution in [0, 0.1) is 0 Å². The van der Waals surface area contributed by atoms with E-state index in [9.17, 15) is 10.2 Å². The predicted molar refractivity (Wildman–Crippen MR) is 96.3 cm³/mol. The molecule has 2 aromatic rings. The zero-order chi connectivity index (χ0) is 17.1. The van der Waals surface area contributed by atoms with Gasteiger partial charge in [0.2, 0.25) is 0 Å². The molecule has 0 aromatic heterocycles. The van der Waals surface area contributed by atoms with Gasteiger partial charge in [0, 0.05) is 37.8 Å². The van der Waals surface area contributed by atoms with Gasteiger partial charge in [-0.1, -0.05) is 30.3 Å². The van der Waals surface area contributed by atoms with Crippen molar-refractivity contribution in [2.45, 2.75) is 25.9 Å². The van der Waals surface area contributed by atoms with E-state index in [1.165, 1.54) is 0 Å². The standard InChI is InChI=1S/C20H26N2O2/c1-15(2)21-11-13-22(14-12-21)20(16-7-9-17(23)10-8-16)18-5-3-4-6-19(18)24/h3-10,15,20,23-24H,11-14H2,1-2H3. The highest BCUT2D eigenvalue weighted by Gasteiger charge is 2.28. The summed E-state index contributed by atoms with van der Waals surface area (Å²) in [5.74, 6) is 0.585. The van der Waals surface area contributed by atoms with Gasteiger partial charge in [-0.3, -0.25) is 9.80 Å². The Morgan fingerprint density at radius 1 is 0.792 bits per heavy atom. The molecule has 1 fully saturated rings. The molecule has 1 aliphatic rings. The van der Waals surface area contributed by atoms with E-state index >= 15 is 0 Å². The Labute approximate surface area is 144 Å². The van der Waals surface area contributed by atoms with Gasteiger partial charge in [-0.05, 0) is 37.6 Å². The summed E-state index contributed by atoms with van der Waals surface area (Å²) >= 11 is 0. The van der Waals surface area contributed by atoms with Crippen LogP contribution in [0.2, 0.25) is 0 Å². The zero-order valence-electron chi connectivity index (χ0n) is 14.4. The molecule has 2 N–H and O–H groups in total. The van der Waals surface area contributed by atoms with E-state index in [1.54, 1.807) is 18.2 Å². The number of phenols is 2. The molecule has 4 heteroatoms. The fourth-order valence-corrected chi connectivity index (χ4v) is 3.47. The van der Waals surface area contributed by atoms with Gasteiger partial charge in [-0.25, -0.2) is 0 Å². The summed E-state index contributed by atoms with van der Waals surface area (Å²) in [6.45, 7) is 8.43. The maximum Gasteiger partial charge on any atom is 0.120 e. The van der Waals surface area contributed by atoms with Crippen molar-refractivity contribution in [3.05, 3.63) is 59.7 Å². The van der Waals surface area contributed by atoms with Crippen LogP contribution in [0.1, 0.15) is 31.0 Å². The summed E-state index contributed by atoms with van der Waals surface area (Å²) < 4.78 is 0. The highest BCUT2D eigenvalue weighted by atomic mass is 16.3. The average molecular weight is 326 g/mol. The Morgan fingerprint density at radius 2 is 1.38 bits per heavy atom. The molecule has 128 valence electrons. The van der Waals surface area contributed by atoms with Crippen LogP contribution >= 0.6 is 0 Å². The van der Waals surface area contributed by atoms with Gasteiger partial charge >= 0.3 is 0 Å². The van der Waals surface area contributed by atoms with Crippen molar-refractivity contribution in [3.8, 4) is 11.5 Å². The first-order valence-corrected chi connectivity index (χ1v) is 8.61. The molecule has 1 heterocycles. The fraction of sp³-hybridized carbons (Fsp3) is 0.400. The Hall–Kier alpha value is -2.04. The van der Waals surface area contributed by atoms with Crippen LogP contribution in [-0.4, -0.2) is 52.2 Å². The van der Waals surface area contributed by atoms with Crippen molar-refractivity contribution in [3.63, 3.8) is 0 Å². The normalized spacial score (nSPS) is 18.0. The molecule has 4 nitrogen and oxygen atoms in total. The van der Waals surface area contributed by atoms with E-state index in [0.29, 0.717) is 11.8 Å². The van der Waals surface area contributed by atoms with E-state index in [0.717, 1.165) is 37.3 Å². The summed E-state index contributed by atoms with van der Waals surface area (Å²) in [6.07, 6.45) is 0. The molecule has 0 bridgehead atoms. The van der Waals surface area contributed by atoms with Crippen molar-refractivity contribution in [1.82, 2.24) is 9.80 Å². The largest absolute Gasteiger partial charge is 0.508 e. The molecule has 24 heavy (non-hydrogen) atoms. The molecule has 0 spiro atoms. The third kappa shape index (κ3) is 3.55. The van der Waals surface area contributed by atoms with Gasteiger partial charge in [-0.2, -0.15) is 0 Å². The molecule has 1 atom stereocenters. The first-order chi connectivity index (χ1) is 11.6. The third-order valence-electron chi connectivity index (χ3n) is 4.88. The van der Waals surface area contributed by atoms with Crippen LogP contribution in [0.3, 0.4) is 0 Å². The topological polar surface area (TPSA) is 46.9 Å². The van der Waals surface area contributed by atoms with Gasteiger partial charge in [-0.15, -0.1) is 0 Å². The van der Waals surface area contributed by atoms with Gasteiger partial charge < -0.3 is 10.2 Å².